The summed E-state index contributed by atoms with van der Waals surface area (Å²) in [6.07, 6.45) is 0. The maximum Gasteiger partial charge on any atom is 0.113 e. The van der Waals surface area contributed by atoms with Gasteiger partial charge in [0.1, 0.15) is 78.5 Å². The van der Waals surface area contributed by atoms with E-state index in [0.717, 1.165) is 71.9 Å². The SMILES string of the molecule is [B]c1c([B])c([B])c(-c2ccccc2-c2c3ccccc3c(-c3cccc(C4=Nc5ccccc5C4c4c([B])c([B])c([B])c([B])c4[B])c3)c3ccccc23)c([B])c1[B]. The van der Waals surface area contributed by atoms with Crippen molar-refractivity contribution in [3.63, 3.8) is 0 Å². The second-order valence-electron chi connectivity index (χ2n) is 14.4. The Morgan fingerprint density at radius 2 is 0.772 bits per heavy atom. The Hall–Kier alpha value is -5.40. The van der Waals surface area contributed by atoms with Crippen LogP contribution in [0.1, 0.15) is 22.6 Å². The van der Waals surface area contributed by atoms with Gasteiger partial charge >= 0.3 is 0 Å². The molecule has 1 atom stereocenters. The van der Waals surface area contributed by atoms with E-state index in [-0.39, 0.29) is 54.6 Å². The maximum absolute atomic E-state index is 6.70. The Balaban J connectivity index is 1.29. The van der Waals surface area contributed by atoms with E-state index in [9.17, 15) is 0 Å². The molecule has 0 amide bonds. The summed E-state index contributed by atoms with van der Waals surface area (Å²) in [6, 6.07) is 41.0. The Labute approximate surface area is 346 Å². The topological polar surface area (TPSA) is 12.4 Å². The molecular weight excluding hydrogens is 675 g/mol. The highest BCUT2D eigenvalue weighted by Crippen LogP contribution is 2.46. The van der Waals surface area contributed by atoms with Crippen LogP contribution in [0, 0.1) is 0 Å². The third-order valence-corrected chi connectivity index (χ3v) is 11.3. The van der Waals surface area contributed by atoms with Gasteiger partial charge < -0.3 is 0 Å². The van der Waals surface area contributed by atoms with Crippen LogP contribution in [-0.2, 0) is 0 Å². The average molecular weight is 696 g/mol. The number of fused-ring (bicyclic) bond motifs is 3. The summed E-state index contributed by atoms with van der Waals surface area (Å²) in [5.41, 5.74) is 11.5. The Morgan fingerprint density at radius 1 is 0.351 bits per heavy atom. The molecule has 11 heteroatoms. The van der Waals surface area contributed by atoms with Gasteiger partial charge in [0.05, 0.1) is 17.3 Å². The molecule has 0 fully saturated rings. The number of aliphatic imine (C=N–C) groups is 1. The summed E-state index contributed by atoms with van der Waals surface area (Å²) in [6.45, 7) is 0. The second kappa shape index (κ2) is 14.2. The number of rotatable bonds is 5. The second-order valence-corrected chi connectivity index (χ2v) is 14.4. The van der Waals surface area contributed by atoms with Crippen molar-refractivity contribution in [3.05, 3.63) is 138 Å². The summed E-state index contributed by atoms with van der Waals surface area (Å²) in [5, 5.41) is 4.12. The first kappa shape index (κ1) is 37.2. The van der Waals surface area contributed by atoms with Crippen LogP contribution in [0.5, 0.6) is 0 Å². The number of benzene rings is 8. The van der Waals surface area contributed by atoms with E-state index in [1.54, 1.807) is 0 Å². The molecule has 8 aromatic rings. The smallest absolute Gasteiger partial charge is 0.113 e. The van der Waals surface area contributed by atoms with Crippen molar-refractivity contribution < 1.29 is 0 Å². The van der Waals surface area contributed by atoms with Crippen molar-refractivity contribution in [1.29, 1.82) is 0 Å². The van der Waals surface area contributed by atoms with Crippen LogP contribution in [0.3, 0.4) is 0 Å². The van der Waals surface area contributed by atoms with Crippen LogP contribution in [0.25, 0.3) is 54.9 Å². The molecule has 20 radical (unpaired) electrons. The summed E-state index contributed by atoms with van der Waals surface area (Å²) < 4.78 is 0. The summed E-state index contributed by atoms with van der Waals surface area (Å²) in [5.74, 6) is -0.453. The Morgan fingerprint density at radius 3 is 1.33 bits per heavy atom. The first-order valence-electron chi connectivity index (χ1n) is 18.3. The van der Waals surface area contributed by atoms with Gasteiger partial charge in [0.15, 0.2) is 0 Å². The van der Waals surface area contributed by atoms with E-state index in [1.165, 1.54) is 0 Å². The molecule has 240 valence electrons. The van der Waals surface area contributed by atoms with Crippen molar-refractivity contribution >= 4 is 166 Å². The number of nitrogens with zero attached hydrogens (tertiary/aromatic N) is 1. The molecule has 8 aromatic carbocycles. The third kappa shape index (κ3) is 5.72. The van der Waals surface area contributed by atoms with Crippen molar-refractivity contribution in [3.8, 4) is 33.4 Å². The van der Waals surface area contributed by atoms with Crippen LogP contribution in [0.4, 0.5) is 5.69 Å². The minimum absolute atomic E-state index is 0.166. The fourth-order valence-corrected chi connectivity index (χ4v) is 8.50. The zero-order valence-electron chi connectivity index (χ0n) is 30.8. The fourth-order valence-electron chi connectivity index (χ4n) is 8.50. The molecular formula is C46H21B10N. The largest absolute Gasteiger partial charge is 0.252 e. The molecule has 0 saturated carbocycles. The molecule has 57 heavy (non-hydrogen) atoms. The summed E-state index contributed by atoms with van der Waals surface area (Å²) in [4.78, 5) is 5.17. The van der Waals surface area contributed by atoms with Gasteiger partial charge in [-0.25, -0.2) is 0 Å². The quantitative estimate of drug-likeness (QED) is 0.181. The number of hydrogen-bond donors (Lipinski definition) is 0. The van der Waals surface area contributed by atoms with Gasteiger partial charge in [-0.2, -0.15) is 0 Å². The van der Waals surface area contributed by atoms with Crippen molar-refractivity contribution in [2.24, 2.45) is 4.99 Å². The molecule has 0 aromatic heterocycles. The molecule has 0 aliphatic carbocycles. The number of para-hydroxylation sites is 1. The lowest BCUT2D eigenvalue weighted by molar-refractivity contribution is 1.14. The van der Waals surface area contributed by atoms with E-state index in [0.29, 0.717) is 11.1 Å². The van der Waals surface area contributed by atoms with E-state index < -0.39 is 5.92 Å². The van der Waals surface area contributed by atoms with E-state index in [4.69, 9.17) is 83.5 Å². The van der Waals surface area contributed by atoms with Gasteiger partial charge in [0, 0.05) is 0 Å². The molecule has 0 spiro atoms. The summed E-state index contributed by atoms with van der Waals surface area (Å²) in [7, 11) is 64.7. The molecule has 0 bridgehead atoms. The highest BCUT2D eigenvalue weighted by Gasteiger charge is 2.33. The van der Waals surface area contributed by atoms with Crippen LogP contribution >= 0.6 is 0 Å². The van der Waals surface area contributed by atoms with Crippen LogP contribution in [0.2, 0.25) is 0 Å². The fraction of sp³-hybridized carbons (Fsp3) is 0.0217. The van der Waals surface area contributed by atoms with E-state index in [1.807, 2.05) is 78.9 Å². The molecule has 1 aliphatic rings. The molecule has 0 saturated heterocycles. The molecule has 1 aliphatic heterocycles. The van der Waals surface area contributed by atoms with Crippen molar-refractivity contribution in [2.45, 2.75) is 5.92 Å². The standard InChI is InChI=1S/C46H21B10N/c47-36-34(37(48)41(52)44(55)40(36)51)28-17-6-5-16-27(28)32-25-14-3-1-12-23(25)31(24-13-2-4-15-26(24)32)21-10-9-11-22(20-21)46-33(29-18-7-8-19-30(29)57-46)35-38(49)42(53)45(56)43(54)39(35)50/h1-20,33H. The minimum Gasteiger partial charge on any atom is -0.252 e. The lowest BCUT2D eigenvalue weighted by atomic mass is 9.58. The first-order valence-corrected chi connectivity index (χ1v) is 18.3. The highest BCUT2D eigenvalue weighted by molar-refractivity contribution is 6.69. The monoisotopic (exact) mass is 697 g/mol. The zero-order chi connectivity index (χ0) is 39.9. The molecule has 1 nitrogen and oxygen atoms in total. The van der Waals surface area contributed by atoms with E-state index >= 15 is 0 Å². The molecule has 1 unspecified atom stereocenters. The van der Waals surface area contributed by atoms with Crippen molar-refractivity contribution in [1.82, 2.24) is 0 Å². The maximum atomic E-state index is 6.70. The lowest BCUT2D eigenvalue weighted by Gasteiger charge is -2.27. The zero-order valence-corrected chi connectivity index (χ0v) is 30.8. The predicted octanol–water partition coefficient (Wildman–Crippen LogP) is 0.198. The third-order valence-electron chi connectivity index (χ3n) is 11.3. The van der Waals surface area contributed by atoms with Gasteiger partial charge in [0.25, 0.3) is 0 Å². The Kier molecular flexibility index (Phi) is 9.27. The average Bonchev–Trinajstić information content (AvgIpc) is 3.62. The van der Waals surface area contributed by atoms with Gasteiger partial charge in [-0.1, -0.05) is 120 Å². The van der Waals surface area contributed by atoms with Gasteiger partial charge in [-0.3, -0.25) is 4.99 Å². The normalized spacial score (nSPS) is 13.5. The molecule has 1 heterocycles. The molecule has 9 rings (SSSR count). The van der Waals surface area contributed by atoms with E-state index in [2.05, 4.69) is 42.5 Å². The molecule has 0 N–H and O–H groups in total. The van der Waals surface area contributed by atoms with Crippen LogP contribution in [-0.4, -0.2) is 84.2 Å². The van der Waals surface area contributed by atoms with Gasteiger partial charge in [0.2, 0.25) is 0 Å². The van der Waals surface area contributed by atoms with Crippen LogP contribution in [0.15, 0.2) is 126 Å². The lowest BCUT2D eigenvalue weighted by Crippen LogP contribution is -2.57. The Bertz CT molecular complexity index is 2930. The first-order chi connectivity index (χ1) is 27.5. The van der Waals surface area contributed by atoms with Gasteiger partial charge in [-0.05, 0) is 83.7 Å². The van der Waals surface area contributed by atoms with Crippen molar-refractivity contribution in [2.75, 3.05) is 0 Å². The minimum atomic E-state index is -0.453. The predicted molar refractivity (Wildman–Crippen MR) is 253 cm³/mol. The van der Waals surface area contributed by atoms with Gasteiger partial charge in [-0.15, -0.1) is 43.7 Å². The van der Waals surface area contributed by atoms with Crippen LogP contribution < -0.4 is 54.6 Å². The number of hydrogen-bond acceptors (Lipinski definition) is 1. The summed E-state index contributed by atoms with van der Waals surface area (Å²) >= 11 is 0. The highest BCUT2D eigenvalue weighted by atomic mass is 14.8.